The van der Waals surface area contributed by atoms with Gasteiger partial charge in [0.15, 0.2) is 11.6 Å². The summed E-state index contributed by atoms with van der Waals surface area (Å²) >= 11 is 0. The van der Waals surface area contributed by atoms with E-state index in [0.29, 0.717) is 17.0 Å². The Morgan fingerprint density at radius 3 is 2.48 bits per heavy atom. The fraction of sp³-hybridized carbons (Fsp3) is 0.583. The van der Waals surface area contributed by atoms with Gasteiger partial charge in [-0.3, -0.25) is 0 Å². The zero-order valence-electron chi connectivity index (χ0n) is 16.5. The van der Waals surface area contributed by atoms with Crippen molar-refractivity contribution in [2.75, 3.05) is 6.61 Å². The Balaban J connectivity index is 1.45. The highest BCUT2D eigenvalue weighted by Crippen LogP contribution is 2.34. The Bertz CT molecular complexity index is 671. The Labute approximate surface area is 162 Å². The lowest BCUT2D eigenvalue weighted by Gasteiger charge is -2.30. The molecule has 0 bridgehead atoms. The topological polar surface area (TPSA) is 9.23 Å². The first-order valence-corrected chi connectivity index (χ1v) is 10.4. The van der Waals surface area contributed by atoms with E-state index in [2.05, 4.69) is 6.58 Å². The molecule has 1 fully saturated rings. The minimum absolute atomic E-state index is 0.214. The van der Waals surface area contributed by atoms with E-state index in [0.717, 1.165) is 43.8 Å². The first-order valence-electron chi connectivity index (χ1n) is 10.4. The van der Waals surface area contributed by atoms with Crippen molar-refractivity contribution >= 4 is 5.57 Å². The van der Waals surface area contributed by atoms with E-state index in [1.807, 2.05) is 12.2 Å². The van der Waals surface area contributed by atoms with Crippen LogP contribution in [0.15, 0.2) is 30.9 Å². The van der Waals surface area contributed by atoms with Crippen molar-refractivity contribution in [2.24, 2.45) is 11.8 Å². The number of rotatable bonds is 7. The van der Waals surface area contributed by atoms with Crippen LogP contribution >= 0.6 is 0 Å². The molecule has 2 aliphatic rings. The number of benzene rings is 1. The van der Waals surface area contributed by atoms with Gasteiger partial charge >= 0.3 is 0 Å². The number of hydrogen-bond acceptors (Lipinski definition) is 1. The highest BCUT2D eigenvalue weighted by atomic mass is 19.2. The van der Waals surface area contributed by atoms with Crippen molar-refractivity contribution in [2.45, 2.75) is 70.8 Å². The highest BCUT2D eigenvalue weighted by Gasteiger charge is 2.24. The van der Waals surface area contributed by atoms with Gasteiger partial charge in [0.25, 0.3) is 0 Å². The summed E-state index contributed by atoms with van der Waals surface area (Å²) in [5, 5.41) is 0. The molecule has 1 atom stereocenters. The fourth-order valence-corrected chi connectivity index (χ4v) is 4.41. The summed E-state index contributed by atoms with van der Waals surface area (Å²) < 4.78 is 34.2. The molecule has 0 amide bonds. The van der Waals surface area contributed by atoms with Crippen molar-refractivity contribution in [3.05, 3.63) is 53.6 Å². The molecule has 0 radical (unpaired) electrons. The first-order chi connectivity index (χ1) is 13.1. The molecule has 0 heterocycles. The first kappa shape index (κ1) is 20.3. The molecular formula is C24H32F2O. The SMILES string of the molecule is C=CCCC1CCC(COC2CC=C(c3ccc(C)c(F)c3F)CC2)CC1. The summed E-state index contributed by atoms with van der Waals surface area (Å²) in [4.78, 5) is 0. The van der Waals surface area contributed by atoms with E-state index < -0.39 is 11.6 Å². The Hall–Kier alpha value is -1.48. The molecule has 1 unspecified atom stereocenters. The summed E-state index contributed by atoms with van der Waals surface area (Å²) in [7, 11) is 0. The molecule has 2 aliphatic carbocycles. The van der Waals surface area contributed by atoms with Crippen LogP contribution in [0, 0.1) is 30.4 Å². The Morgan fingerprint density at radius 1 is 1.07 bits per heavy atom. The van der Waals surface area contributed by atoms with E-state index in [-0.39, 0.29) is 6.10 Å². The standard InChI is InChI=1S/C24H32F2O/c1-3-4-5-18-7-9-19(10-8-18)16-27-21-13-11-20(12-14-21)22-15-6-17(2)23(25)24(22)26/h3,6,11,15,18-19,21H,1,4-5,7-10,12-14,16H2,2H3. The summed E-state index contributed by atoms with van der Waals surface area (Å²) in [6, 6.07) is 3.36. The van der Waals surface area contributed by atoms with Gasteiger partial charge in [0.1, 0.15) is 0 Å². The van der Waals surface area contributed by atoms with E-state index in [1.54, 1.807) is 19.1 Å². The van der Waals surface area contributed by atoms with Crippen LogP contribution in [0.4, 0.5) is 8.78 Å². The lowest BCUT2D eigenvalue weighted by atomic mass is 9.80. The van der Waals surface area contributed by atoms with Gasteiger partial charge in [0.2, 0.25) is 0 Å². The van der Waals surface area contributed by atoms with Crippen molar-refractivity contribution in [3.8, 4) is 0 Å². The molecule has 0 aromatic heterocycles. The van der Waals surface area contributed by atoms with Gasteiger partial charge in [0, 0.05) is 12.2 Å². The molecule has 0 saturated heterocycles. The Kier molecular flexibility index (Phi) is 7.23. The molecule has 1 saturated carbocycles. The second kappa shape index (κ2) is 9.64. The molecule has 1 aromatic rings. The third kappa shape index (κ3) is 5.28. The van der Waals surface area contributed by atoms with Gasteiger partial charge in [-0.05, 0) is 74.8 Å². The highest BCUT2D eigenvalue weighted by molar-refractivity contribution is 5.67. The Morgan fingerprint density at radius 2 is 1.81 bits per heavy atom. The van der Waals surface area contributed by atoms with Crippen molar-refractivity contribution in [3.63, 3.8) is 0 Å². The average molecular weight is 375 g/mol. The smallest absolute Gasteiger partial charge is 0.166 e. The van der Waals surface area contributed by atoms with Gasteiger partial charge in [-0.1, -0.05) is 37.1 Å². The van der Waals surface area contributed by atoms with Crippen LogP contribution in [0.2, 0.25) is 0 Å². The third-order valence-electron chi connectivity index (χ3n) is 6.30. The van der Waals surface area contributed by atoms with Crippen LogP contribution in [0.1, 0.15) is 68.9 Å². The van der Waals surface area contributed by atoms with Crippen LogP contribution in [0.25, 0.3) is 5.57 Å². The van der Waals surface area contributed by atoms with Crippen molar-refractivity contribution in [1.82, 2.24) is 0 Å². The maximum Gasteiger partial charge on any atom is 0.166 e. The van der Waals surface area contributed by atoms with Crippen LogP contribution < -0.4 is 0 Å². The molecule has 0 aliphatic heterocycles. The molecule has 3 heteroatoms. The molecule has 3 rings (SSSR count). The largest absolute Gasteiger partial charge is 0.378 e. The lowest BCUT2D eigenvalue weighted by Crippen LogP contribution is -2.23. The summed E-state index contributed by atoms with van der Waals surface area (Å²) in [6.07, 6.45) is 14.3. The minimum atomic E-state index is -0.726. The van der Waals surface area contributed by atoms with Gasteiger partial charge in [-0.2, -0.15) is 0 Å². The normalized spacial score (nSPS) is 25.9. The van der Waals surface area contributed by atoms with Crippen LogP contribution in [0.5, 0.6) is 0 Å². The van der Waals surface area contributed by atoms with Gasteiger partial charge in [-0.25, -0.2) is 8.78 Å². The van der Waals surface area contributed by atoms with Gasteiger partial charge in [0.05, 0.1) is 6.10 Å². The average Bonchev–Trinajstić information content (AvgIpc) is 2.70. The van der Waals surface area contributed by atoms with Gasteiger partial charge < -0.3 is 4.74 Å². The quantitative estimate of drug-likeness (QED) is 0.467. The number of allylic oxidation sites excluding steroid dienone is 2. The van der Waals surface area contributed by atoms with Crippen molar-refractivity contribution < 1.29 is 13.5 Å². The van der Waals surface area contributed by atoms with Crippen LogP contribution in [-0.4, -0.2) is 12.7 Å². The summed E-state index contributed by atoms with van der Waals surface area (Å²) in [5.41, 5.74) is 1.68. The molecule has 0 N–H and O–H groups in total. The lowest BCUT2D eigenvalue weighted by molar-refractivity contribution is 0.0131. The maximum absolute atomic E-state index is 14.2. The second-order valence-corrected chi connectivity index (χ2v) is 8.27. The maximum atomic E-state index is 14.2. The molecule has 148 valence electrons. The summed E-state index contributed by atoms with van der Waals surface area (Å²) in [6.45, 7) is 6.25. The molecule has 27 heavy (non-hydrogen) atoms. The van der Waals surface area contributed by atoms with Crippen molar-refractivity contribution in [1.29, 1.82) is 0 Å². The van der Waals surface area contributed by atoms with Gasteiger partial charge in [-0.15, -0.1) is 6.58 Å². The molecule has 1 aromatic carbocycles. The van der Waals surface area contributed by atoms with E-state index in [4.69, 9.17) is 4.74 Å². The van der Waals surface area contributed by atoms with Crippen LogP contribution in [0.3, 0.4) is 0 Å². The molecule has 0 spiro atoms. The van der Waals surface area contributed by atoms with Crippen LogP contribution in [-0.2, 0) is 4.74 Å². The second-order valence-electron chi connectivity index (χ2n) is 8.27. The van der Waals surface area contributed by atoms with E-state index in [9.17, 15) is 8.78 Å². The zero-order valence-corrected chi connectivity index (χ0v) is 16.5. The predicted octanol–water partition coefficient (Wildman–Crippen LogP) is 7.00. The number of halogens is 2. The number of hydrogen-bond donors (Lipinski definition) is 0. The third-order valence-corrected chi connectivity index (χ3v) is 6.30. The molecule has 1 nitrogen and oxygen atoms in total. The zero-order chi connectivity index (χ0) is 19.2. The monoisotopic (exact) mass is 374 g/mol. The van der Waals surface area contributed by atoms with E-state index in [1.165, 1.54) is 32.1 Å². The number of ether oxygens (including phenoxy) is 1. The molecular weight excluding hydrogens is 342 g/mol. The predicted molar refractivity (Wildman–Crippen MR) is 108 cm³/mol. The fourth-order valence-electron chi connectivity index (χ4n) is 4.41. The summed E-state index contributed by atoms with van der Waals surface area (Å²) in [5.74, 6) is 0.104. The number of aryl methyl sites for hydroxylation is 1. The minimum Gasteiger partial charge on any atom is -0.378 e. The van der Waals surface area contributed by atoms with E-state index >= 15 is 0 Å².